The van der Waals surface area contributed by atoms with Crippen LogP contribution in [0.2, 0.25) is 0 Å². The smallest absolute Gasteiger partial charge is 0.0936 e. The van der Waals surface area contributed by atoms with Crippen LogP contribution in [0.15, 0.2) is 30.3 Å². The van der Waals surface area contributed by atoms with Gasteiger partial charge in [-0.3, -0.25) is 0 Å². The minimum Gasteiger partial charge on any atom is -0.385 e. The Hall–Kier alpha value is -1.23. The summed E-state index contributed by atoms with van der Waals surface area (Å²) in [7, 11) is 3.70. The van der Waals surface area contributed by atoms with Gasteiger partial charge in [0.15, 0.2) is 0 Å². The molecule has 0 saturated carbocycles. The van der Waals surface area contributed by atoms with E-state index < -0.39 is 0 Å². The summed E-state index contributed by atoms with van der Waals surface area (Å²) in [5.41, 5.74) is 2.40. The van der Waals surface area contributed by atoms with E-state index in [-0.39, 0.29) is 0 Å². The highest BCUT2D eigenvalue weighted by Crippen LogP contribution is 2.30. The molecule has 102 valence electrons. The van der Waals surface area contributed by atoms with Crippen molar-refractivity contribution < 1.29 is 4.74 Å². The molecule has 2 aromatic rings. The molecule has 0 spiro atoms. The Balaban J connectivity index is 2.21. The molecule has 0 unspecified atom stereocenters. The lowest BCUT2D eigenvalue weighted by atomic mass is 10.1. The van der Waals surface area contributed by atoms with E-state index in [0.29, 0.717) is 0 Å². The Morgan fingerprint density at radius 3 is 2.74 bits per heavy atom. The second-order valence-electron chi connectivity index (χ2n) is 4.38. The molecule has 0 atom stereocenters. The molecule has 0 aliphatic carbocycles. The highest BCUT2D eigenvalue weighted by atomic mass is 32.1. The molecule has 0 radical (unpaired) electrons. The van der Waals surface area contributed by atoms with E-state index in [1.54, 1.807) is 18.4 Å². The molecule has 3 nitrogen and oxygen atoms in total. The summed E-state index contributed by atoms with van der Waals surface area (Å²) in [5, 5.41) is 4.39. The number of ether oxygens (including phenoxy) is 1. The predicted octanol–water partition coefficient (Wildman–Crippen LogP) is 3.11. The van der Waals surface area contributed by atoms with Crippen molar-refractivity contribution in [1.29, 1.82) is 0 Å². The summed E-state index contributed by atoms with van der Waals surface area (Å²) in [6, 6.07) is 10.5. The van der Waals surface area contributed by atoms with E-state index in [9.17, 15) is 0 Å². The number of aryl methyl sites for hydroxylation is 1. The topological polar surface area (TPSA) is 34.2 Å². The molecule has 0 amide bonds. The first-order valence-corrected chi connectivity index (χ1v) is 7.34. The Morgan fingerprint density at radius 1 is 1.26 bits per heavy atom. The van der Waals surface area contributed by atoms with Crippen molar-refractivity contribution >= 4 is 11.3 Å². The second kappa shape index (κ2) is 7.38. The van der Waals surface area contributed by atoms with Crippen molar-refractivity contribution in [3.8, 4) is 10.4 Å². The zero-order chi connectivity index (χ0) is 13.5. The number of aromatic nitrogens is 1. The molecular weight excluding hydrogens is 256 g/mol. The van der Waals surface area contributed by atoms with E-state index in [4.69, 9.17) is 9.72 Å². The third kappa shape index (κ3) is 3.86. The van der Waals surface area contributed by atoms with Crippen LogP contribution in [-0.4, -0.2) is 25.7 Å². The van der Waals surface area contributed by atoms with Gasteiger partial charge in [0.1, 0.15) is 0 Å². The van der Waals surface area contributed by atoms with Crippen molar-refractivity contribution in [2.24, 2.45) is 0 Å². The molecule has 1 N–H and O–H groups in total. The highest BCUT2D eigenvalue weighted by Gasteiger charge is 2.12. The zero-order valence-corrected chi connectivity index (χ0v) is 12.3. The molecule has 19 heavy (non-hydrogen) atoms. The quantitative estimate of drug-likeness (QED) is 0.789. The summed E-state index contributed by atoms with van der Waals surface area (Å²) in [6.07, 6.45) is 2.01. The standard InChI is InChI=1S/C15H20N2OS/c1-16-11-13-15(12-7-4-3-5-8-12)19-14(17-13)9-6-10-18-2/h3-5,7-8,16H,6,9-11H2,1-2H3. The average molecular weight is 276 g/mol. The van der Waals surface area contributed by atoms with Gasteiger partial charge in [0, 0.05) is 26.7 Å². The maximum absolute atomic E-state index is 5.10. The molecular formula is C15H20N2OS. The van der Waals surface area contributed by atoms with Gasteiger partial charge in [-0.1, -0.05) is 30.3 Å². The van der Waals surface area contributed by atoms with Gasteiger partial charge >= 0.3 is 0 Å². The van der Waals surface area contributed by atoms with Crippen molar-refractivity contribution in [3.05, 3.63) is 41.0 Å². The fourth-order valence-corrected chi connectivity index (χ4v) is 3.11. The maximum atomic E-state index is 5.10. The van der Waals surface area contributed by atoms with E-state index in [0.717, 1.165) is 31.7 Å². The monoisotopic (exact) mass is 276 g/mol. The van der Waals surface area contributed by atoms with Gasteiger partial charge in [-0.25, -0.2) is 4.98 Å². The molecule has 0 aliphatic heterocycles. The number of hydrogen-bond donors (Lipinski definition) is 1. The van der Waals surface area contributed by atoms with Crippen LogP contribution in [0.1, 0.15) is 17.1 Å². The van der Waals surface area contributed by atoms with Gasteiger partial charge in [0.25, 0.3) is 0 Å². The first-order chi connectivity index (χ1) is 9.35. The van der Waals surface area contributed by atoms with E-state index >= 15 is 0 Å². The Kier molecular flexibility index (Phi) is 5.51. The van der Waals surface area contributed by atoms with Crippen LogP contribution in [0.5, 0.6) is 0 Å². The van der Waals surface area contributed by atoms with Crippen molar-refractivity contribution in [3.63, 3.8) is 0 Å². The lowest BCUT2D eigenvalue weighted by Crippen LogP contribution is -2.06. The molecule has 1 aromatic heterocycles. The van der Waals surface area contributed by atoms with E-state index in [1.807, 2.05) is 13.1 Å². The lowest BCUT2D eigenvalue weighted by molar-refractivity contribution is 0.195. The van der Waals surface area contributed by atoms with Crippen molar-refractivity contribution in [2.45, 2.75) is 19.4 Å². The summed E-state index contributed by atoms with van der Waals surface area (Å²) in [6.45, 7) is 1.60. The van der Waals surface area contributed by atoms with Crippen molar-refractivity contribution in [1.82, 2.24) is 10.3 Å². The number of rotatable bonds is 7. The van der Waals surface area contributed by atoms with Gasteiger partial charge < -0.3 is 10.1 Å². The first-order valence-electron chi connectivity index (χ1n) is 6.52. The lowest BCUT2D eigenvalue weighted by Gasteiger charge is -2.00. The minimum atomic E-state index is 0.793. The maximum Gasteiger partial charge on any atom is 0.0936 e. The Morgan fingerprint density at radius 2 is 2.05 bits per heavy atom. The number of methoxy groups -OCH3 is 1. The molecule has 0 bridgehead atoms. The summed E-state index contributed by atoms with van der Waals surface area (Å²) in [4.78, 5) is 6.03. The molecule has 4 heteroatoms. The third-order valence-corrected chi connectivity index (χ3v) is 4.07. The molecule has 2 rings (SSSR count). The van der Waals surface area contributed by atoms with Gasteiger partial charge in [0.05, 0.1) is 15.6 Å². The molecule has 0 fully saturated rings. The number of thiazole rings is 1. The molecule has 0 saturated heterocycles. The molecule has 1 heterocycles. The average Bonchev–Trinajstić information content (AvgIpc) is 2.84. The van der Waals surface area contributed by atoms with E-state index in [1.165, 1.54) is 15.4 Å². The largest absolute Gasteiger partial charge is 0.385 e. The molecule has 0 aliphatic rings. The molecule has 1 aromatic carbocycles. The van der Waals surface area contributed by atoms with Crippen LogP contribution in [0, 0.1) is 0 Å². The Labute approximate surface area is 118 Å². The fraction of sp³-hybridized carbons (Fsp3) is 0.400. The number of nitrogens with one attached hydrogen (secondary N) is 1. The van der Waals surface area contributed by atoms with Gasteiger partial charge in [-0.05, 0) is 19.0 Å². The highest BCUT2D eigenvalue weighted by molar-refractivity contribution is 7.15. The summed E-state index contributed by atoms with van der Waals surface area (Å²) in [5.74, 6) is 0. The normalized spacial score (nSPS) is 10.8. The van der Waals surface area contributed by atoms with Crippen LogP contribution in [0.3, 0.4) is 0 Å². The second-order valence-corrected chi connectivity index (χ2v) is 5.46. The SMILES string of the molecule is CNCc1nc(CCCOC)sc1-c1ccccc1. The minimum absolute atomic E-state index is 0.793. The zero-order valence-electron chi connectivity index (χ0n) is 11.5. The predicted molar refractivity (Wildman–Crippen MR) is 80.5 cm³/mol. The van der Waals surface area contributed by atoms with Gasteiger partial charge in [0.2, 0.25) is 0 Å². The first kappa shape index (κ1) is 14.2. The van der Waals surface area contributed by atoms with Crippen LogP contribution in [-0.2, 0) is 17.7 Å². The third-order valence-electron chi connectivity index (χ3n) is 2.86. The number of hydrogen-bond acceptors (Lipinski definition) is 4. The fourth-order valence-electron chi connectivity index (χ4n) is 1.98. The van der Waals surface area contributed by atoms with E-state index in [2.05, 4.69) is 29.6 Å². The van der Waals surface area contributed by atoms with Gasteiger partial charge in [-0.15, -0.1) is 11.3 Å². The van der Waals surface area contributed by atoms with Gasteiger partial charge in [-0.2, -0.15) is 0 Å². The van der Waals surface area contributed by atoms with Crippen LogP contribution < -0.4 is 5.32 Å². The Bertz CT molecular complexity index is 496. The van der Waals surface area contributed by atoms with Crippen molar-refractivity contribution in [2.75, 3.05) is 20.8 Å². The van der Waals surface area contributed by atoms with Crippen LogP contribution >= 0.6 is 11.3 Å². The number of nitrogens with zero attached hydrogens (tertiary/aromatic N) is 1. The summed E-state index contributed by atoms with van der Waals surface area (Å²) >= 11 is 1.80. The van der Waals surface area contributed by atoms with Crippen LogP contribution in [0.4, 0.5) is 0 Å². The van der Waals surface area contributed by atoms with Crippen LogP contribution in [0.25, 0.3) is 10.4 Å². The number of benzene rings is 1. The summed E-state index contributed by atoms with van der Waals surface area (Å²) < 4.78 is 5.10.